The van der Waals surface area contributed by atoms with Gasteiger partial charge in [-0.3, -0.25) is 9.59 Å². The first kappa shape index (κ1) is 17.0. The molecule has 0 aromatic heterocycles. The highest BCUT2D eigenvalue weighted by molar-refractivity contribution is 5.86. The van der Waals surface area contributed by atoms with Crippen LogP contribution in [0.3, 0.4) is 0 Å². The summed E-state index contributed by atoms with van der Waals surface area (Å²) in [6.07, 6.45) is 2.57. The summed E-state index contributed by atoms with van der Waals surface area (Å²) in [5.74, 6) is 0.726. The summed E-state index contributed by atoms with van der Waals surface area (Å²) in [4.78, 5) is 25.9. The van der Waals surface area contributed by atoms with Crippen molar-refractivity contribution >= 4 is 11.8 Å². The van der Waals surface area contributed by atoms with Gasteiger partial charge in [-0.1, -0.05) is 20.8 Å². The molecule has 3 N–H and O–H groups in total. The van der Waals surface area contributed by atoms with Crippen LogP contribution in [-0.4, -0.2) is 42.9 Å². The Morgan fingerprint density at radius 3 is 2.45 bits per heavy atom. The van der Waals surface area contributed by atoms with Crippen molar-refractivity contribution in [3.8, 4) is 0 Å². The molecule has 116 valence electrons. The van der Waals surface area contributed by atoms with Crippen molar-refractivity contribution in [2.75, 3.05) is 20.1 Å². The first-order chi connectivity index (χ1) is 9.40. The summed E-state index contributed by atoms with van der Waals surface area (Å²) in [7, 11) is 1.60. The van der Waals surface area contributed by atoms with Gasteiger partial charge in [-0.2, -0.15) is 0 Å². The number of rotatable bonds is 5. The molecule has 0 heterocycles. The Morgan fingerprint density at radius 2 is 1.90 bits per heavy atom. The zero-order chi connectivity index (χ0) is 15.3. The number of amides is 2. The third-order valence-electron chi connectivity index (χ3n) is 4.42. The maximum Gasteiger partial charge on any atom is 0.239 e. The molecular weight excluding hydrogens is 254 g/mol. The summed E-state index contributed by atoms with van der Waals surface area (Å²) in [6, 6.07) is 0.0867. The molecule has 1 aliphatic rings. The van der Waals surface area contributed by atoms with E-state index in [1.165, 1.54) is 0 Å². The SMILES string of the molecule is CCCN(CC(=O)NC)C(=O)C1CC(N)C(C)CC1C. The molecule has 1 rings (SSSR count). The number of nitrogens with zero attached hydrogens (tertiary/aromatic N) is 1. The number of nitrogens with one attached hydrogen (secondary N) is 1. The van der Waals surface area contributed by atoms with Crippen LogP contribution in [-0.2, 0) is 9.59 Å². The molecule has 1 fully saturated rings. The highest BCUT2D eigenvalue weighted by Gasteiger charge is 2.37. The molecule has 0 aromatic rings. The lowest BCUT2D eigenvalue weighted by atomic mass is 9.72. The standard InChI is InChI=1S/C15H29N3O2/c1-5-6-18(9-14(19)17-4)15(20)12-8-13(16)11(3)7-10(12)2/h10-13H,5-9,16H2,1-4H3,(H,17,19). The third-order valence-corrected chi connectivity index (χ3v) is 4.42. The summed E-state index contributed by atoms with van der Waals surface area (Å²) in [5, 5.41) is 2.58. The van der Waals surface area contributed by atoms with Gasteiger partial charge in [-0.15, -0.1) is 0 Å². The first-order valence-electron chi connectivity index (χ1n) is 7.65. The van der Waals surface area contributed by atoms with Crippen LogP contribution in [0.15, 0.2) is 0 Å². The number of hydrogen-bond donors (Lipinski definition) is 2. The maximum absolute atomic E-state index is 12.7. The quantitative estimate of drug-likeness (QED) is 0.790. The largest absolute Gasteiger partial charge is 0.358 e. The van der Waals surface area contributed by atoms with Crippen LogP contribution >= 0.6 is 0 Å². The molecular formula is C15H29N3O2. The van der Waals surface area contributed by atoms with Crippen LogP contribution in [0.5, 0.6) is 0 Å². The molecule has 5 nitrogen and oxygen atoms in total. The molecule has 4 unspecified atom stereocenters. The molecule has 4 atom stereocenters. The Labute approximate surface area is 122 Å². The van der Waals surface area contributed by atoms with Gasteiger partial charge in [0.15, 0.2) is 0 Å². The molecule has 20 heavy (non-hydrogen) atoms. The Morgan fingerprint density at radius 1 is 1.25 bits per heavy atom. The monoisotopic (exact) mass is 283 g/mol. The van der Waals surface area contributed by atoms with Crippen LogP contribution in [0, 0.1) is 17.8 Å². The lowest BCUT2D eigenvalue weighted by molar-refractivity contribution is -0.142. The number of nitrogens with two attached hydrogens (primary N) is 1. The lowest BCUT2D eigenvalue weighted by Crippen LogP contribution is -2.49. The highest BCUT2D eigenvalue weighted by atomic mass is 16.2. The van der Waals surface area contributed by atoms with Gasteiger partial charge in [0.05, 0.1) is 6.54 Å². The van der Waals surface area contributed by atoms with Crippen molar-refractivity contribution in [2.45, 2.75) is 46.1 Å². The van der Waals surface area contributed by atoms with E-state index in [2.05, 4.69) is 19.2 Å². The van der Waals surface area contributed by atoms with Gasteiger partial charge >= 0.3 is 0 Å². The van der Waals surface area contributed by atoms with Crippen molar-refractivity contribution in [2.24, 2.45) is 23.5 Å². The van der Waals surface area contributed by atoms with Crippen molar-refractivity contribution in [3.63, 3.8) is 0 Å². The Balaban J connectivity index is 2.75. The van der Waals surface area contributed by atoms with Gasteiger partial charge in [-0.05, 0) is 31.1 Å². The molecule has 0 spiro atoms. The number of likely N-dealkylation sites (N-methyl/N-ethyl adjacent to an activating group) is 1. The van der Waals surface area contributed by atoms with E-state index < -0.39 is 0 Å². The van der Waals surface area contributed by atoms with Crippen LogP contribution in [0.2, 0.25) is 0 Å². The Hall–Kier alpha value is -1.10. The van der Waals surface area contributed by atoms with E-state index in [-0.39, 0.29) is 30.3 Å². The van der Waals surface area contributed by atoms with Crippen molar-refractivity contribution in [1.82, 2.24) is 10.2 Å². The summed E-state index contributed by atoms with van der Waals surface area (Å²) < 4.78 is 0. The minimum Gasteiger partial charge on any atom is -0.358 e. The van der Waals surface area contributed by atoms with E-state index >= 15 is 0 Å². The van der Waals surface area contributed by atoms with E-state index in [1.54, 1.807) is 11.9 Å². The smallest absolute Gasteiger partial charge is 0.239 e. The van der Waals surface area contributed by atoms with Gasteiger partial charge in [0.25, 0.3) is 0 Å². The highest BCUT2D eigenvalue weighted by Crippen LogP contribution is 2.34. The number of carbonyl (C=O) groups is 2. The predicted octanol–water partition coefficient (Wildman–Crippen LogP) is 0.981. The second-order valence-electron chi connectivity index (χ2n) is 6.13. The minimum absolute atomic E-state index is 0.0441. The molecule has 2 amide bonds. The fourth-order valence-corrected chi connectivity index (χ4v) is 3.05. The zero-order valence-electron chi connectivity index (χ0n) is 13.2. The van der Waals surface area contributed by atoms with Crippen LogP contribution in [0.25, 0.3) is 0 Å². The van der Waals surface area contributed by atoms with Gasteiger partial charge in [-0.25, -0.2) is 0 Å². The fraction of sp³-hybridized carbons (Fsp3) is 0.867. The molecule has 0 saturated heterocycles. The molecule has 5 heteroatoms. The van der Waals surface area contributed by atoms with E-state index in [0.717, 1.165) is 19.3 Å². The third kappa shape index (κ3) is 4.20. The minimum atomic E-state index is -0.118. The second-order valence-corrected chi connectivity index (χ2v) is 6.13. The lowest BCUT2D eigenvalue weighted by Gasteiger charge is -2.38. The van der Waals surface area contributed by atoms with Crippen LogP contribution in [0.4, 0.5) is 0 Å². The van der Waals surface area contributed by atoms with Crippen molar-refractivity contribution < 1.29 is 9.59 Å². The van der Waals surface area contributed by atoms with Gasteiger partial charge in [0, 0.05) is 25.6 Å². The van der Waals surface area contributed by atoms with Gasteiger partial charge in [0.1, 0.15) is 0 Å². The first-order valence-corrected chi connectivity index (χ1v) is 7.65. The summed E-state index contributed by atoms with van der Waals surface area (Å²) >= 11 is 0. The maximum atomic E-state index is 12.7. The average molecular weight is 283 g/mol. The Bertz CT molecular complexity index is 346. The molecule has 0 radical (unpaired) electrons. The summed E-state index contributed by atoms with van der Waals surface area (Å²) in [6.45, 7) is 7.06. The fourth-order valence-electron chi connectivity index (χ4n) is 3.05. The predicted molar refractivity (Wildman–Crippen MR) is 80.0 cm³/mol. The normalized spacial score (nSPS) is 29.9. The number of hydrogen-bond acceptors (Lipinski definition) is 3. The van der Waals surface area contributed by atoms with E-state index in [1.807, 2.05) is 6.92 Å². The van der Waals surface area contributed by atoms with Gasteiger partial charge in [0.2, 0.25) is 11.8 Å². The van der Waals surface area contributed by atoms with E-state index in [0.29, 0.717) is 18.4 Å². The molecule has 0 aromatic carbocycles. The van der Waals surface area contributed by atoms with Crippen LogP contribution in [0.1, 0.15) is 40.0 Å². The number of carbonyl (C=O) groups excluding carboxylic acids is 2. The van der Waals surface area contributed by atoms with Crippen LogP contribution < -0.4 is 11.1 Å². The Kier molecular flexibility index (Phi) is 6.46. The van der Waals surface area contributed by atoms with E-state index in [4.69, 9.17) is 5.73 Å². The molecule has 1 saturated carbocycles. The second kappa shape index (κ2) is 7.62. The molecule has 0 bridgehead atoms. The van der Waals surface area contributed by atoms with E-state index in [9.17, 15) is 9.59 Å². The topological polar surface area (TPSA) is 75.4 Å². The van der Waals surface area contributed by atoms with Crippen molar-refractivity contribution in [3.05, 3.63) is 0 Å². The zero-order valence-corrected chi connectivity index (χ0v) is 13.2. The molecule has 0 aliphatic heterocycles. The van der Waals surface area contributed by atoms with Gasteiger partial charge < -0.3 is 16.0 Å². The average Bonchev–Trinajstić information content (AvgIpc) is 2.41. The van der Waals surface area contributed by atoms with Crippen molar-refractivity contribution in [1.29, 1.82) is 0 Å². The summed E-state index contributed by atoms with van der Waals surface area (Å²) in [5.41, 5.74) is 6.12. The molecule has 1 aliphatic carbocycles.